The number of amides is 2. The van der Waals surface area contributed by atoms with Gasteiger partial charge in [0.2, 0.25) is 5.91 Å². The van der Waals surface area contributed by atoms with Crippen molar-refractivity contribution in [3.63, 3.8) is 0 Å². The highest BCUT2D eigenvalue weighted by molar-refractivity contribution is 6.04. The van der Waals surface area contributed by atoms with Crippen molar-refractivity contribution in [1.82, 2.24) is 0 Å². The van der Waals surface area contributed by atoms with Crippen molar-refractivity contribution in [1.29, 1.82) is 0 Å². The molecule has 0 bridgehead atoms. The zero-order chi connectivity index (χ0) is 19.2. The van der Waals surface area contributed by atoms with Gasteiger partial charge in [0.1, 0.15) is 5.75 Å². The fraction of sp³-hybridized carbons (Fsp3) is 0.364. The van der Waals surface area contributed by atoms with Gasteiger partial charge in [-0.25, -0.2) is 0 Å². The smallest absolute Gasteiger partial charge is 0.255 e. The van der Waals surface area contributed by atoms with E-state index >= 15 is 0 Å². The van der Waals surface area contributed by atoms with E-state index in [1.54, 1.807) is 12.1 Å². The number of anilines is 2. The molecule has 0 spiro atoms. The summed E-state index contributed by atoms with van der Waals surface area (Å²) in [6, 6.07) is 12.8. The van der Waals surface area contributed by atoms with Crippen molar-refractivity contribution in [3.8, 4) is 5.75 Å². The van der Waals surface area contributed by atoms with Crippen molar-refractivity contribution >= 4 is 23.2 Å². The first-order chi connectivity index (χ1) is 13.1. The summed E-state index contributed by atoms with van der Waals surface area (Å²) in [6.07, 6.45) is 3.61. The van der Waals surface area contributed by atoms with Crippen molar-refractivity contribution in [2.45, 2.75) is 39.5 Å². The number of aryl methyl sites for hydroxylation is 1. The Morgan fingerprint density at radius 1 is 1.19 bits per heavy atom. The van der Waals surface area contributed by atoms with E-state index in [2.05, 4.69) is 12.2 Å². The molecule has 1 heterocycles. The van der Waals surface area contributed by atoms with Crippen LogP contribution in [0.1, 0.15) is 48.5 Å². The van der Waals surface area contributed by atoms with Gasteiger partial charge in [-0.15, -0.1) is 0 Å². The topological polar surface area (TPSA) is 58.6 Å². The maximum atomic E-state index is 12.5. The van der Waals surface area contributed by atoms with Crippen LogP contribution in [0.25, 0.3) is 0 Å². The number of hydrogen-bond acceptors (Lipinski definition) is 3. The van der Waals surface area contributed by atoms with Crippen LogP contribution in [0.3, 0.4) is 0 Å². The maximum absolute atomic E-state index is 12.5. The highest BCUT2D eigenvalue weighted by Gasteiger charge is 2.23. The van der Waals surface area contributed by atoms with Crippen molar-refractivity contribution in [3.05, 3.63) is 53.6 Å². The van der Waals surface area contributed by atoms with Gasteiger partial charge in [0.15, 0.2) is 0 Å². The second kappa shape index (κ2) is 8.71. The van der Waals surface area contributed by atoms with Gasteiger partial charge in [-0.1, -0.05) is 13.3 Å². The maximum Gasteiger partial charge on any atom is 0.255 e. The van der Waals surface area contributed by atoms with Crippen LogP contribution in [0.4, 0.5) is 11.4 Å². The highest BCUT2D eigenvalue weighted by Crippen LogP contribution is 2.27. The van der Waals surface area contributed by atoms with Crippen molar-refractivity contribution in [2.24, 2.45) is 0 Å². The summed E-state index contributed by atoms with van der Waals surface area (Å²) < 4.78 is 5.62. The number of rotatable bonds is 7. The largest absolute Gasteiger partial charge is 0.494 e. The molecule has 0 saturated carbocycles. The molecular formula is C22H26N2O3. The van der Waals surface area contributed by atoms with Crippen LogP contribution < -0.4 is 15.0 Å². The molecule has 5 nitrogen and oxygen atoms in total. The van der Waals surface area contributed by atoms with Crippen LogP contribution in [0.2, 0.25) is 0 Å². The van der Waals surface area contributed by atoms with Crippen LogP contribution in [-0.2, 0) is 4.79 Å². The quantitative estimate of drug-likeness (QED) is 0.731. The Morgan fingerprint density at radius 3 is 2.59 bits per heavy atom. The van der Waals surface area contributed by atoms with Gasteiger partial charge >= 0.3 is 0 Å². The number of benzene rings is 2. The summed E-state index contributed by atoms with van der Waals surface area (Å²) in [5.41, 5.74) is 3.19. The van der Waals surface area contributed by atoms with Crippen LogP contribution in [0, 0.1) is 6.92 Å². The molecule has 0 atom stereocenters. The lowest BCUT2D eigenvalue weighted by Crippen LogP contribution is -2.24. The number of hydrogen-bond donors (Lipinski definition) is 1. The first-order valence-corrected chi connectivity index (χ1v) is 9.53. The van der Waals surface area contributed by atoms with Crippen LogP contribution in [-0.4, -0.2) is 25.0 Å². The number of nitrogens with one attached hydrogen (secondary N) is 1. The predicted octanol–water partition coefficient (Wildman–Crippen LogP) is 4.55. The molecule has 2 aromatic carbocycles. The van der Waals surface area contributed by atoms with Gasteiger partial charge in [-0.2, -0.15) is 0 Å². The van der Waals surface area contributed by atoms with Gasteiger partial charge in [0.05, 0.1) is 6.61 Å². The summed E-state index contributed by atoms with van der Waals surface area (Å²) in [5, 5.41) is 2.92. The van der Waals surface area contributed by atoms with Gasteiger partial charge < -0.3 is 15.0 Å². The Balaban J connectivity index is 1.63. The molecule has 0 aromatic heterocycles. The zero-order valence-corrected chi connectivity index (χ0v) is 16.0. The molecule has 3 rings (SSSR count). The first kappa shape index (κ1) is 19.0. The average Bonchev–Trinajstić information content (AvgIpc) is 3.08. The minimum atomic E-state index is -0.167. The molecular weight excluding hydrogens is 340 g/mol. The van der Waals surface area contributed by atoms with Crippen molar-refractivity contribution < 1.29 is 14.3 Å². The van der Waals surface area contributed by atoms with Gasteiger partial charge in [0, 0.05) is 29.9 Å². The summed E-state index contributed by atoms with van der Waals surface area (Å²) in [5.74, 6) is 0.770. The lowest BCUT2D eigenvalue weighted by atomic mass is 10.1. The van der Waals surface area contributed by atoms with E-state index in [4.69, 9.17) is 4.74 Å². The third kappa shape index (κ3) is 4.67. The molecule has 1 aliphatic rings. The number of nitrogens with zero attached hydrogens (tertiary/aromatic N) is 1. The monoisotopic (exact) mass is 366 g/mol. The predicted molar refractivity (Wildman–Crippen MR) is 108 cm³/mol. The molecule has 2 aromatic rings. The molecule has 0 radical (unpaired) electrons. The van der Waals surface area contributed by atoms with E-state index in [0.717, 1.165) is 48.5 Å². The normalized spacial score (nSPS) is 13.7. The third-order valence-electron chi connectivity index (χ3n) is 4.70. The lowest BCUT2D eigenvalue weighted by Gasteiger charge is -2.19. The van der Waals surface area contributed by atoms with E-state index < -0.39 is 0 Å². The number of carbonyl (C=O) groups excluding carboxylic acids is 2. The Labute approximate surface area is 160 Å². The molecule has 1 N–H and O–H groups in total. The Kier molecular flexibility index (Phi) is 6.12. The van der Waals surface area contributed by atoms with Gasteiger partial charge in [-0.3, -0.25) is 9.59 Å². The molecule has 0 unspecified atom stereocenters. The van der Waals surface area contributed by atoms with E-state index in [-0.39, 0.29) is 11.8 Å². The van der Waals surface area contributed by atoms with E-state index in [9.17, 15) is 9.59 Å². The Hall–Kier alpha value is -2.82. The number of carbonyl (C=O) groups is 2. The van der Waals surface area contributed by atoms with E-state index in [1.165, 1.54) is 0 Å². The van der Waals surface area contributed by atoms with E-state index in [1.807, 2.05) is 42.2 Å². The molecule has 27 heavy (non-hydrogen) atoms. The van der Waals surface area contributed by atoms with Crippen LogP contribution in [0.15, 0.2) is 42.5 Å². The fourth-order valence-electron chi connectivity index (χ4n) is 3.18. The van der Waals surface area contributed by atoms with Gasteiger partial charge in [0.25, 0.3) is 5.91 Å². The molecule has 5 heteroatoms. The third-order valence-corrected chi connectivity index (χ3v) is 4.70. The molecule has 2 amide bonds. The fourth-order valence-corrected chi connectivity index (χ4v) is 3.18. The average molecular weight is 366 g/mol. The minimum Gasteiger partial charge on any atom is -0.494 e. The molecule has 142 valence electrons. The van der Waals surface area contributed by atoms with Crippen molar-refractivity contribution in [2.75, 3.05) is 23.4 Å². The standard InChI is InChI=1S/C22H26N2O3/c1-3-4-14-27-19-10-7-17(8-11-19)22(26)23-18-9-12-20(16(2)15-18)24-13-5-6-21(24)25/h7-12,15H,3-6,13-14H2,1-2H3,(H,23,26). The van der Waals surface area contributed by atoms with Gasteiger partial charge in [-0.05, 0) is 67.8 Å². The summed E-state index contributed by atoms with van der Waals surface area (Å²) in [6.45, 7) is 5.53. The van der Waals surface area contributed by atoms with E-state index in [0.29, 0.717) is 18.6 Å². The minimum absolute atomic E-state index is 0.163. The summed E-state index contributed by atoms with van der Waals surface area (Å²) >= 11 is 0. The lowest BCUT2D eigenvalue weighted by molar-refractivity contribution is -0.117. The molecule has 0 aliphatic carbocycles. The zero-order valence-electron chi connectivity index (χ0n) is 16.0. The molecule has 1 aliphatic heterocycles. The Morgan fingerprint density at radius 2 is 1.96 bits per heavy atom. The number of unbranched alkanes of at least 4 members (excludes halogenated alkanes) is 1. The molecule has 1 saturated heterocycles. The Bertz CT molecular complexity index is 815. The second-order valence-electron chi connectivity index (χ2n) is 6.83. The highest BCUT2D eigenvalue weighted by atomic mass is 16.5. The van der Waals surface area contributed by atoms with Crippen LogP contribution >= 0.6 is 0 Å². The SMILES string of the molecule is CCCCOc1ccc(C(=O)Nc2ccc(N3CCCC3=O)c(C)c2)cc1. The molecule has 1 fully saturated rings. The number of ether oxygens (including phenoxy) is 1. The second-order valence-corrected chi connectivity index (χ2v) is 6.83. The summed E-state index contributed by atoms with van der Waals surface area (Å²) in [7, 11) is 0. The summed E-state index contributed by atoms with van der Waals surface area (Å²) in [4.78, 5) is 26.2. The first-order valence-electron chi connectivity index (χ1n) is 9.53. The van der Waals surface area contributed by atoms with Crippen LogP contribution in [0.5, 0.6) is 5.75 Å².